The number of pyridine rings is 1. The molecule has 10 nitrogen and oxygen atoms in total. The van der Waals surface area contributed by atoms with E-state index in [1.165, 1.54) is 17.5 Å². The van der Waals surface area contributed by atoms with Crippen molar-refractivity contribution in [1.29, 1.82) is 0 Å². The lowest BCUT2D eigenvalue weighted by atomic mass is 9.93. The van der Waals surface area contributed by atoms with Crippen LogP contribution in [-0.2, 0) is 12.5 Å². The maximum absolute atomic E-state index is 12.6. The first-order valence-corrected chi connectivity index (χ1v) is 10.8. The van der Waals surface area contributed by atoms with Crippen molar-refractivity contribution in [3.63, 3.8) is 0 Å². The summed E-state index contributed by atoms with van der Waals surface area (Å²) in [6.07, 6.45) is 4.71. The molecule has 1 unspecified atom stereocenters. The number of amides is 2. The van der Waals surface area contributed by atoms with E-state index in [-0.39, 0.29) is 22.9 Å². The third-order valence-corrected chi connectivity index (χ3v) is 5.98. The van der Waals surface area contributed by atoms with E-state index in [4.69, 9.17) is 4.52 Å². The van der Waals surface area contributed by atoms with Crippen molar-refractivity contribution in [2.75, 3.05) is 5.32 Å². The van der Waals surface area contributed by atoms with Crippen LogP contribution in [0.4, 0.5) is 5.82 Å². The standard InChI is InChI=1S/C21H23N7O3S/c1-11(25-18(29)12-6-14-13(8-22-12)24-10-28(14)5)20-23-9-15(32-20)19(30)26-17-7-16(31-27-17)21(2,3)4/h6-11H,1-5H3,(H,25,29)(H,26,27,30). The minimum atomic E-state index is -0.405. The number of carbonyl (C=O) groups is 2. The Morgan fingerprint density at radius 3 is 2.62 bits per heavy atom. The third kappa shape index (κ3) is 4.37. The number of hydrogen-bond acceptors (Lipinski definition) is 8. The first kappa shape index (κ1) is 21.6. The second-order valence-corrected chi connectivity index (χ2v) is 9.51. The molecule has 0 aromatic carbocycles. The third-order valence-electron chi connectivity index (χ3n) is 4.80. The Kier molecular flexibility index (Phi) is 5.51. The van der Waals surface area contributed by atoms with Gasteiger partial charge in [0.05, 0.1) is 30.3 Å². The summed E-state index contributed by atoms with van der Waals surface area (Å²) in [4.78, 5) is 38.3. The summed E-state index contributed by atoms with van der Waals surface area (Å²) in [7, 11) is 1.85. The number of rotatable bonds is 5. The summed E-state index contributed by atoms with van der Waals surface area (Å²) in [5, 5.41) is 10.1. The fourth-order valence-corrected chi connectivity index (χ4v) is 3.76. The van der Waals surface area contributed by atoms with Gasteiger partial charge in [0, 0.05) is 18.5 Å². The van der Waals surface area contributed by atoms with Gasteiger partial charge in [-0.3, -0.25) is 9.59 Å². The van der Waals surface area contributed by atoms with E-state index in [9.17, 15) is 9.59 Å². The smallest absolute Gasteiger partial charge is 0.270 e. The van der Waals surface area contributed by atoms with E-state index in [2.05, 4.69) is 30.7 Å². The maximum atomic E-state index is 12.6. The molecule has 0 spiro atoms. The number of aromatic nitrogens is 5. The molecule has 4 aromatic rings. The van der Waals surface area contributed by atoms with Gasteiger partial charge in [-0.15, -0.1) is 11.3 Å². The van der Waals surface area contributed by atoms with Crippen LogP contribution in [-0.4, -0.2) is 36.5 Å². The van der Waals surface area contributed by atoms with Crippen LogP contribution >= 0.6 is 11.3 Å². The molecule has 0 fully saturated rings. The van der Waals surface area contributed by atoms with Crippen molar-refractivity contribution in [3.8, 4) is 0 Å². The fourth-order valence-electron chi connectivity index (χ4n) is 2.95. The summed E-state index contributed by atoms with van der Waals surface area (Å²) in [5.41, 5.74) is 1.60. The molecule has 0 aliphatic carbocycles. The highest BCUT2D eigenvalue weighted by Crippen LogP contribution is 2.26. The molecule has 2 amide bonds. The average molecular weight is 454 g/mol. The summed E-state index contributed by atoms with van der Waals surface area (Å²) < 4.78 is 7.11. The average Bonchev–Trinajstić information content (AvgIpc) is 3.47. The summed E-state index contributed by atoms with van der Waals surface area (Å²) in [5.74, 6) is 0.336. The number of carbonyl (C=O) groups excluding carboxylic acids is 2. The van der Waals surface area contributed by atoms with Crippen molar-refractivity contribution in [1.82, 2.24) is 30.0 Å². The zero-order valence-corrected chi connectivity index (χ0v) is 19.1. The lowest BCUT2D eigenvalue weighted by Gasteiger charge is -2.12. The topological polar surface area (TPSA) is 128 Å². The molecule has 2 N–H and O–H groups in total. The van der Waals surface area contributed by atoms with E-state index in [1.54, 1.807) is 31.6 Å². The second-order valence-electron chi connectivity index (χ2n) is 8.45. The molecule has 0 saturated heterocycles. The molecule has 4 heterocycles. The number of aryl methyl sites for hydroxylation is 1. The number of anilines is 1. The van der Waals surface area contributed by atoms with Crippen LogP contribution in [0.25, 0.3) is 11.0 Å². The number of imidazole rings is 1. The van der Waals surface area contributed by atoms with Crippen molar-refractivity contribution in [3.05, 3.63) is 52.2 Å². The second kappa shape index (κ2) is 8.15. The van der Waals surface area contributed by atoms with Crippen LogP contribution in [0.5, 0.6) is 0 Å². The highest BCUT2D eigenvalue weighted by atomic mass is 32.1. The summed E-state index contributed by atoms with van der Waals surface area (Å²) in [6.45, 7) is 7.78. The molecular formula is C21H23N7O3S. The van der Waals surface area contributed by atoms with Gasteiger partial charge in [-0.1, -0.05) is 25.9 Å². The van der Waals surface area contributed by atoms with Crippen molar-refractivity contribution in [2.24, 2.45) is 7.05 Å². The van der Waals surface area contributed by atoms with Gasteiger partial charge in [0.25, 0.3) is 11.8 Å². The van der Waals surface area contributed by atoms with E-state index in [0.29, 0.717) is 21.5 Å². The van der Waals surface area contributed by atoms with Crippen LogP contribution < -0.4 is 10.6 Å². The van der Waals surface area contributed by atoms with Gasteiger partial charge in [-0.05, 0) is 13.0 Å². The Hall–Kier alpha value is -3.60. The van der Waals surface area contributed by atoms with Gasteiger partial charge >= 0.3 is 0 Å². The van der Waals surface area contributed by atoms with E-state index >= 15 is 0 Å². The number of thiazole rings is 1. The SMILES string of the molecule is CC(NC(=O)c1cc2c(cn1)ncn2C)c1ncc(C(=O)Nc2cc(C(C)(C)C)on2)s1. The normalized spacial score (nSPS) is 12.7. The van der Waals surface area contributed by atoms with Crippen molar-refractivity contribution >= 4 is 40.0 Å². The number of nitrogens with zero attached hydrogens (tertiary/aromatic N) is 5. The Balaban J connectivity index is 1.41. The molecule has 0 bridgehead atoms. The number of fused-ring (bicyclic) bond motifs is 1. The molecular weight excluding hydrogens is 430 g/mol. The van der Waals surface area contributed by atoms with Crippen LogP contribution in [0.3, 0.4) is 0 Å². The summed E-state index contributed by atoms with van der Waals surface area (Å²) in [6, 6.07) is 2.99. The Morgan fingerprint density at radius 1 is 1.12 bits per heavy atom. The monoisotopic (exact) mass is 453 g/mol. The van der Waals surface area contributed by atoms with Gasteiger partial charge in [-0.25, -0.2) is 15.0 Å². The fraction of sp³-hybridized carbons (Fsp3) is 0.333. The predicted molar refractivity (Wildman–Crippen MR) is 120 cm³/mol. The van der Waals surface area contributed by atoms with Gasteiger partial charge in [0.15, 0.2) is 5.82 Å². The molecule has 4 aromatic heterocycles. The van der Waals surface area contributed by atoms with Crippen LogP contribution in [0.1, 0.15) is 64.7 Å². The molecule has 32 heavy (non-hydrogen) atoms. The zero-order valence-electron chi connectivity index (χ0n) is 18.3. The first-order valence-electron chi connectivity index (χ1n) is 9.94. The minimum Gasteiger partial charge on any atom is -0.359 e. The van der Waals surface area contributed by atoms with Crippen LogP contribution in [0.15, 0.2) is 35.4 Å². The minimum absolute atomic E-state index is 0.211. The molecule has 1 atom stereocenters. The highest BCUT2D eigenvalue weighted by Gasteiger charge is 2.22. The first-order chi connectivity index (χ1) is 15.1. The molecule has 11 heteroatoms. The van der Waals surface area contributed by atoms with Crippen molar-refractivity contribution < 1.29 is 14.1 Å². The van der Waals surface area contributed by atoms with Crippen LogP contribution in [0, 0.1) is 0 Å². The highest BCUT2D eigenvalue weighted by molar-refractivity contribution is 7.13. The maximum Gasteiger partial charge on any atom is 0.270 e. The predicted octanol–water partition coefficient (Wildman–Crippen LogP) is 3.45. The quantitative estimate of drug-likeness (QED) is 0.474. The lowest BCUT2D eigenvalue weighted by molar-refractivity contribution is 0.0934. The number of hydrogen-bond donors (Lipinski definition) is 2. The molecule has 4 rings (SSSR count). The van der Waals surface area contributed by atoms with E-state index in [0.717, 1.165) is 11.0 Å². The molecule has 0 radical (unpaired) electrons. The molecule has 0 saturated carbocycles. The zero-order chi connectivity index (χ0) is 23.0. The van der Waals surface area contributed by atoms with Crippen molar-refractivity contribution in [2.45, 2.75) is 39.2 Å². The van der Waals surface area contributed by atoms with Crippen LogP contribution in [0.2, 0.25) is 0 Å². The summed E-state index contributed by atoms with van der Waals surface area (Å²) >= 11 is 1.19. The van der Waals surface area contributed by atoms with Gasteiger partial charge in [0.2, 0.25) is 0 Å². The van der Waals surface area contributed by atoms with E-state index < -0.39 is 6.04 Å². The van der Waals surface area contributed by atoms with E-state index in [1.807, 2.05) is 32.4 Å². The van der Waals surface area contributed by atoms with Gasteiger partial charge < -0.3 is 19.7 Å². The Labute approximate surface area is 188 Å². The molecule has 0 aliphatic rings. The Bertz CT molecular complexity index is 1300. The number of nitrogens with one attached hydrogen (secondary N) is 2. The van der Waals surface area contributed by atoms with Gasteiger partial charge in [-0.2, -0.15) is 0 Å². The molecule has 0 aliphatic heterocycles. The largest absolute Gasteiger partial charge is 0.359 e. The molecule has 166 valence electrons. The Morgan fingerprint density at radius 2 is 1.91 bits per heavy atom. The van der Waals surface area contributed by atoms with Gasteiger partial charge in [0.1, 0.15) is 26.9 Å². The lowest BCUT2D eigenvalue weighted by Crippen LogP contribution is -2.27.